The van der Waals surface area contributed by atoms with Gasteiger partial charge < -0.3 is 4.57 Å². The van der Waals surface area contributed by atoms with Gasteiger partial charge in [-0.1, -0.05) is 127 Å². The molecule has 1 unspecified atom stereocenters. The van der Waals surface area contributed by atoms with E-state index in [1.54, 1.807) is 6.07 Å². The molecule has 0 amide bonds. The van der Waals surface area contributed by atoms with Crippen molar-refractivity contribution >= 4 is 49.2 Å². The lowest BCUT2D eigenvalue weighted by molar-refractivity contribution is 0.569. The maximum absolute atomic E-state index is 16.4. The summed E-state index contributed by atoms with van der Waals surface area (Å²) in [5, 5.41) is 14.3. The molecule has 0 N–H and O–H groups in total. The maximum Gasteiger partial charge on any atom is 0.235 e. The first-order valence-corrected chi connectivity index (χ1v) is 19.8. The summed E-state index contributed by atoms with van der Waals surface area (Å²) in [7, 11) is 0. The van der Waals surface area contributed by atoms with Gasteiger partial charge in [-0.15, -0.1) is 0 Å². The van der Waals surface area contributed by atoms with Gasteiger partial charge in [0.15, 0.2) is 0 Å². The van der Waals surface area contributed by atoms with Gasteiger partial charge in [-0.3, -0.25) is 4.57 Å². The first kappa shape index (κ1) is 34.4. The molecule has 59 heavy (non-hydrogen) atoms. The fraction of sp³-hybridized carbons (Fsp3) is 0.0377. The van der Waals surface area contributed by atoms with Crippen LogP contribution in [0.15, 0.2) is 194 Å². The van der Waals surface area contributed by atoms with E-state index in [0.717, 1.165) is 60.8 Å². The highest BCUT2D eigenvalue weighted by molar-refractivity contribution is 6.12. The van der Waals surface area contributed by atoms with Gasteiger partial charge in [0, 0.05) is 50.7 Å². The Balaban J connectivity index is 1.10. The number of nitrogens with zero attached hydrogens (tertiary/aromatic N) is 5. The number of aromatic nitrogens is 4. The summed E-state index contributed by atoms with van der Waals surface area (Å²) in [6.45, 7) is 0. The molecule has 0 fully saturated rings. The van der Waals surface area contributed by atoms with E-state index in [9.17, 15) is 5.26 Å². The van der Waals surface area contributed by atoms with Crippen LogP contribution >= 0.6 is 0 Å². The van der Waals surface area contributed by atoms with E-state index >= 15 is 4.39 Å². The van der Waals surface area contributed by atoms with Gasteiger partial charge in [-0.05, 0) is 77.4 Å². The average molecular weight is 760 g/mol. The standard InChI is InChI=1S/C53H34FN5/c54-46-30-37(35-13-3-1-4-14-35)23-26-44(46)48-32-47(39-15-11-12-34(28-39)33-55)56-53(57-48)59-50-21-10-7-18-41(50)43-25-22-38(31-52(43)59)36-24-27-51-45(29-36)42-19-8-9-20-49(42)58(51)40-16-5-2-6-17-40/h1-29,31-32,37H,30H2. The Morgan fingerprint density at radius 1 is 0.525 bits per heavy atom. The maximum atomic E-state index is 16.4. The van der Waals surface area contributed by atoms with Gasteiger partial charge in [-0.25, -0.2) is 14.4 Å². The fourth-order valence-electron chi connectivity index (χ4n) is 8.77. The largest absolute Gasteiger partial charge is 0.309 e. The summed E-state index contributed by atoms with van der Waals surface area (Å²) in [5.74, 6) is 0.123. The summed E-state index contributed by atoms with van der Waals surface area (Å²) in [6.07, 6.45) is 4.15. The van der Waals surface area contributed by atoms with Crippen LogP contribution in [0.5, 0.6) is 0 Å². The van der Waals surface area contributed by atoms with Crippen molar-refractivity contribution in [2.75, 3.05) is 0 Å². The van der Waals surface area contributed by atoms with Gasteiger partial charge in [0.2, 0.25) is 5.95 Å². The van der Waals surface area contributed by atoms with E-state index < -0.39 is 0 Å². The third-order valence-electron chi connectivity index (χ3n) is 11.6. The third kappa shape index (κ3) is 5.83. The molecule has 0 aliphatic heterocycles. The van der Waals surface area contributed by atoms with Crippen molar-refractivity contribution in [3.8, 4) is 40.1 Å². The molecule has 0 spiro atoms. The van der Waals surface area contributed by atoms with Crippen molar-refractivity contribution in [3.05, 3.63) is 211 Å². The van der Waals surface area contributed by atoms with Crippen molar-refractivity contribution in [1.82, 2.24) is 19.1 Å². The lowest BCUT2D eigenvalue weighted by atomic mass is 9.88. The highest BCUT2D eigenvalue weighted by Crippen LogP contribution is 2.40. The molecule has 0 saturated heterocycles. The molecule has 0 saturated carbocycles. The Morgan fingerprint density at radius 2 is 1.17 bits per heavy atom. The number of para-hydroxylation sites is 3. The summed E-state index contributed by atoms with van der Waals surface area (Å²) in [6, 6.07) is 62.0. The molecule has 3 aromatic heterocycles. The zero-order valence-electron chi connectivity index (χ0n) is 31.8. The Bertz CT molecular complexity index is 3380. The highest BCUT2D eigenvalue weighted by Gasteiger charge is 2.23. The number of allylic oxidation sites excluding steroid dienone is 4. The average Bonchev–Trinajstić information content (AvgIpc) is 3.81. The minimum atomic E-state index is -0.226. The zero-order valence-corrected chi connectivity index (χ0v) is 31.8. The molecule has 1 aliphatic carbocycles. The Kier molecular flexibility index (Phi) is 8.13. The van der Waals surface area contributed by atoms with Crippen LogP contribution in [0.25, 0.3) is 83.2 Å². The molecule has 3 heterocycles. The Hall–Kier alpha value is -7.88. The number of benzene rings is 7. The molecule has 7 aromatic carbocycles. The molecule has 0 radical (unpaired) electrons. The van der Waals surface area contributed by atoms with Crippen LogP contribution in [0.2, 0.25) is 0 Å². The summed E-state index contributed by atoms with van der Waals surface area (Å²) in [5.41, 5.74) is 11.3. The van der Waals surface area contributed by atoms with Crippen LogP contribution in [-0.2, 0) is 0 Å². The molecule has 10 aromatic rings. The smallest absolute Gasteiger partial charge is 0.235 e. The molecular formula is C53H34FN5. The van der Waals surface area contributed by atoms with Gasteiger partial charge in [0.05, 0.1) is 45.1 Å². The lowest BCUT2D eigenvalue weighted by Gasteiger charge is -2.19. The number of hydrogen-bond donors (Lipinski definition) is 0. The summed E-state index contributed by atoms with van der Waals surface area (Å²) < 4.78 is 20.8. The SMILES string of the molecule is N#Cc1cccc(-c2cc(C3=C(F)CC(c4ccccc4)C=C3)nc(-n3c4ccccc4c4ccc(-c5ccc6c(c5)c5ccccc5n6-c5ccccc5)cc43)n2)c1. The van der Waals surface area contributed by atoms with E-state index in [-0.39, 0.29) is 18.2 Å². The molecule has 5 nitrogen and oxygen atoms in total. The van der Waals surface area contributed by atoms with E-state index in [2.05, 4.69) is 118 Å². The monoisotopic (exact) mass is 759 g/mol. The third-order valence-corrected chi connectivity index (χ3v) is 11.6. The second kappa shape index (κ2) is 13.9. The molecule has 1 aliphatic rings. The topological polar surface area (TPSA) is 59.4 Å². The Morgan fingerprint density at radius 3 is 1.95 bits per heavy atom. The van der Waals surface area contributed by atoms with Crippen LogP contribution in [0, 0.1) is 11.3 Å². The van der Waals surface area contributed by atoms with Gasteiger partial charge in [0.25, 0.3) is 0 Å². The van der Waals surface area contributed by atoms with Gasteiger partial charge >= 0.3 is 0 Å². The molecular weight excluding hydrogens is 726 g/mol. The molecule has 278 valence electrons. The summed E-state index contributed by atoms with van der Waals surface area (Å²) >= 11 is 0. The van der Waals surface area contributed by atoms with Crippen LogP contribution < -0.4 is 0 Å². The molecule has 11 rings (SSSR count). The number of rotatable bonds is 6. The van der Waals surface area contributed by atoms with Crippen molar-refractivity contribution < 1.29 is 4.39 Å². The molecule has 1 atom stereocenters. The van der Waals surface area contributed by atoms with Gasteiger partial charge in [0.1, 0.15) is 5.83 Å². The summed E-state index contributed by atoms with van der Waals surface area (Å²) in [4.78, 5) is 10.3. The zero-order chi connectivity index (χ0) is 39.5. The highest BCUT2D eigenvalue weighted by atomic mass is 19.1. The fourth-order valence-corrected chi connectivity index (χ4v) is 8.77. The first-order chi connectivity index (χ1) is 29.1. The van der Waals surface area contributed by atoms with E-state index in [4.69, 9.17) is 9.97 Å². The van der Waals surface area contributed by atoms with Crippen molar-refractivity contribution in [2.24, 2.45) is 0 Å². The minimum Gasteiger partial charge on any atom is -0.309 e. The van der Waals surface area contributed by atoms with Crippen LogP contribution in [0.1, 0.15) is 29.2 Å². The van der Waals surface area contributed by atoms with Crippen molar-refractivity contribution in [3.63, 3.8) is 0 Å². The second-order valence-electron chi connectivity index (χ2n) is 15.0. The predicted octanol–water partition coefficient (Wildman–Crippen LogP) is 13.3. The normalized spacial score (nSPS) is 14.1. The first-order valence-electron chi connectivity index (χ1n) is 19.8. The van der Waals surface area contributed by atoms with E-state index in [1.807, 2.05) is 78.9 Å². The quantitative estimate of drug-likeness (QED) is 0.170. The van der Waals surface area contributed by atoms with Crippen LogP contribution in [0.4, 0.5) is 4.39 Å². The lowest BCUT2D eigenvalue weighted by Crippen LogP contribution is -2.07. The number of nitriles is 1. The number of fused-ring (bicyclic) bond motifs is 6. The van der Waals surface area contributed by atoms with Crippen molar-refractivity contribution in [1.29, 1.82) is 5.26 Å². The van der Waals surface area contributed by atoms with Crippen LogP contribution in [0.3, 0.4) is 0 Å². The number of halogens is 1. The molecule has 6 heteroatoms. The van der Waals surface area contributed by atoms with Crippen LogP contribution in [-0.4, -0.2) is 19.1 Å². The molecule has 0 bridgehead atoms. The van der Waals surface area contributed by atoms with E-state index in [1.165, 1.54) is 10.8 Å². The predicted molar refractivity (Wildman–Crippen MR) is 237 cm³/mol. The second-order valence-corrected chi connectivity index (χ2v) is 15.0. The number of hydrogen-bond acceptors (Lipinski definition) is 3. The Labute approximate surface area is 339 Å². The van der Waals surface area contributed by atoms with Gasteiger partial charge in [-0.2, -0.15) is 5.26 Å². The minimum absolute atomic E-state index is 0.0714. The van der Waals surface area contributed by atoms with Crippen molar-refractivity contribution in [2.45, 2.75) is 12.3 Å². The van der Waals surface area contributed by atoms with E-state index in [0.29, 0.717) is 28.5 Å².